The molecule has 2 N–H and O–H groups in total. The normalized spacial score (nSPS) is 24.7. The highest BCUT2D eigenvalue weighted by atomic mass is 32.2. The van der Waals surface area contributed by atoms with Gasteiger partial charge in [0.15, 0.2) is 0 Å². The zero-order valence-corrected chi connectivity index (χ0v) is 14.1. The Balaban J connectivity index is 1.76. The Kier molecular flexibility index (Phi) is 4.59. The number of carbonyl (C=O) groups excluding carboxylic acids is 1. The summed E-state index contributed by atoms with van der Waals surface area (Å²) < 4.78 is 25.9. The second-order valence-electron chi connectivity index (χ2n) is 6.46. The lowest BCUT2D eigenvalue weighted by molar-refractivity contribution is 0.188. The van der Waals surface area contributed by atoms with Gasteiger partial charge in [-0.05, 0) is 31.2 Å². The molecule has 2 fully saturated rings. The maximum absolute atomic E-state index is 12.4. The molecule has 0 unspecified atom stereocenters. The molecule has 2 atom stereocenters. The van der Waals surface area contributed by atoms with Crippen LogP contribution in [-0.2, 0) is 16.4 Å². The summed E-state index contributed by atoms with van der Waals surface area (Å²) in [6, 6.07) is 9.69. The third kappa shape index (κ3) is 4.45. The van der Waals surface area contributed by atoms with Gasteiger partial charge in [0.1, 0.15) is 0 Å². The molecule has 1 aliphatic heterocycles. The molecule has 0 bridgehead atoms. The van der Waals surface area contributed by atoms with Gasteiger partial charge in [-0.3, -0.25) is 0 Å². The van der Waals surface area contributed by atoms with Crippen molar-refractivity contribution in [2.75, 3.05) is 12.8 Å². The first kappa shape index (κ1) is 16.3. The monoisotopic (exact) mass is 337 g/mol. The molecule has 2 aliphatic rings. The van der Waals surface area contributed by atoms with E-state index in [0.717, 1.165) is 18.4 Å². The summed E-state index contributed by atoms with van der Waals surface area (Å²) in [7, 11) is -3.30. The van der Waals surface area contributed by atoms with Crippen molar-refractivity contribution in [3.8, 4) is 0 Å². The number of hydrogen-bond donors (Lipinski definition) is 2. The highest BCUT2D eigenvalue weighted by Crippen LogP contribution is 2.25. The molecule has 0 radical (unpaired) electrons. The summed E-state index contributed by atoms with van der Waals surface area (Å²) in [5.74, 6) is 0. The summed E-state index contributed by atoms with van der Waals surface area (Å²) in [5.41, 5.74) is 1.10. The minimum absolute atomic E-state index is 0.0776. The molecule has 1 heterocycles. The highest BCUT2D eigenvalue weighted by Gasteiger charge is 2.39. The van der Waals surface area contributed by atoms with Crippen LogP contribution in [0.3, 0.4) is 0 Å². The van der Waals surface area contributed by atoms with Crippen LogP contribution in [0.2, 0.25) is 0 Å². The molecule has 23 heavy (non-hydrogen) atoms. The van der Waals surface area contributed by atoms with Crippen molar-refractivity contribution in [3.05, 3.63) is 35.9 Å². The first-order chi connectivity index (χ1) is 10.9. The van der Waals surface area contributed by atoms with Crippen LogP contribution in [0.25, 0.3) is 0 Å². The fourth-order valence-electron chi connectivity index (χ4n) is 3.11. The van der Waals surface area contributed by atoms with Gasteiger partial charge in [0.05, 0.1) is 12.3 Å². The first-order valence-electron chi connectivity index (χ1n) is 8.01. The molecule has 7 heteroatoms. The van der Waals surface area contributed by atoms with E-state index in [-0.39, 0.29) is 18.1 Å². The summed E-state index contributed by atoms with van der Waals surface area (Å²) in [6.07, 6.45) is 4.52. The fourth-order valence-corrected chi connectivity index (χ4v) is 3.94. The summed E-state index contributed by atoms with van der Waals surface area (Å²) in [6.45, 7) is 0.573. The number of rotatable bonds is 5. The topological polar surface area (TPSA) is 78.5 Å². The lowest BCUT2D eigenvalue weighted by atomic mass is 10.0. The fraction of sp³-hybridized carbons (Fsp3) is 0.562. The maximum Gasteiger partial charge on any atom is 0.317 e. The van der Waals surface area contributed by atoms with Crippen molar-refractivity contribution in [2.24, 2.45) is 0 Å². The van der Waals surface area contributed by atoms with Gasteiger partial charge >= 0.3 is 6.03 Å². The Bertz CT molecular complexity index is 658. The number of urea groups is 1. The maximum atomic E-state index is 12.4. The second kappa shape index (κ2) is 6.49. The molecular weight excluding hydrogens is 314 g/mol. The van der Waals surface area contributed by atoms with Gasteiger partial charge < -0.3 is 10.2 Å². The SMILES string of the molecule is CS(=O)(=O)N[C@@H]1CCN(C(=O)NC2CC2)[C@H]1Cc1ccccc1. The summed E-state index contributed by atoms with van der Waals surface area (Å²) >= 11 is 0. The largest absolute Gasteiger partial charge is 0.335 e. The van der Waals surface area contributed by atoms with Gasteiger partial charge in [0.25, 0.3) is 0 Å². The number of nitrogens with zero attached hydrogens (tertiary/aromatic N) is 1. The average Bonchev–Trinajstić information content (AvgIpc) is 3.21. The number of nitrogens with one attached hydrogen (secondary N) is 2. The van der Waals surface area contributed by atoms with E-state index in [9.17, 15) is 13.2 Å². The van der Waals surface area contributed by atoms with Crippen molar-refractivity contribution in [1.82, 2.24) is 14.9 Å². The molecule has 1 aliphatic carbocycles. The molecule has 3 rings (SSSR count). The molecule has 6 nitrogen and oxygen atoms in total. The van der Waals surface area contributed by atoms with Gasteiger partial charge in [-0.15, -0.1) is 0 Å². The van der Waals surface area contributed by atoms with Crippen LogP contribution in [0, 0.1) is 0 Å². The summed E-state index contributed by atoms with van der Waals surface area (Å²) in [5, 5.41) is 3.00. The van der Waals surface area contributed by atoms with E-state index in [0.29, 0.717) is 25.4 Å². The number of benzene rings is 1. The minimum atomic E-state index is -3.30. The van der Waals surface area contributed by atoms with Crippen molar-refractivity contribution >= 4 is 16.1 Å². The van der Waals surface area contributed by atoms with Crippen molar-refractivity contribution in [2.45, 2.75) is 43.8 Å². The van der Waals surface area contributed by atoms with Crippen molar-refractivity contribution in [1.29, 1.82) is 0 Å². The molecular formula is C16H23N3O3S. The Morgan fingerprint density at radius 1 is 1.22 bits per heavy atom. The van der Waals surface area contributed by atoms with E-state index < -0.39 is 10.0 Å². The number of amides is 2. The molecule has 2 amide bonds. The van der Waals surface area contributed by atoms with Gasteiger partial charge in [0, 0.05) is 18.6 Å². The zero-order chi connectivity index (χ0) is 16.4. The van der Waals surface area contributed by atoms with E-state index in [1.807, 2.05) is 30.3 Å². The van der Waals surface area contributed by atoms with Crippen LogP contribution >= 0.6 is 0 Å². The predicted molar refractivity (Wildman–Crippen MR) is 88.6 cm³/mol. The quantitative estimate of drug-likeness (QED) is 0.844. The number of likely N-dealkylation sites (tertiary alicyclic amines) is 1. The molecule has 0 spiro atoms. The second-order valence-corrected chi connectivity index (χ2v) is 8.24. The van der Waals surface area contributed by atoms with Crippen LogP contribution < -0.4 is 10.0 Å². The average molecular weight is 337 g/mol. The molecule has 1 aromatic rings. The number of sulfonamides is 1. The van der Waals surface area contributed by atoms with Gasteiger partial charge in [-0.1, -0.05) is 30.3 Å². The van der Waals surface area contributed by atoms with E-state index in [2.05, 4.69) is 10.0 Å². The Morgan fingerprint density at radius 2 is 1.91 bits per heavy atom. The smallest absolute Gasteiger partial charge is 0.317 e. The minimum Gasteiger partial charge on any atom is -0.335 e. The van der Waals surface area contributed by atoms with Gasteiger partial charge in [0.2, 0.25) is 10.0 Å². The van der Waals surface area contributed by atoms with E-state index in [1.165, 1.54) is 6.26 Å². The van der Waals surface area contributed by atoms with Crippen LogP contribution in [0.1, 0.15) is 24.8 Å². The zero-order valence-electron chi connectivity index (χ0n) is 13.2. The van der Waals surface area contributed by atoms with E-state index in [4.69, 9.17) is 0 Å². The van der Waals surface area contributed by atoms with E-state index in [1.54, 1.807) is 4.90 Å². The predicted octanol–water partition coefficient (Wildman–Crippen LogP) is 1.09. The Labute approximate surface area is 137 Å². The standard InChI is InChI=1S/C16H23N3O3S/c1-23(21,22)18-14-9-10-19(16(20)17-13-7-8-13)15(14)11-12-5-3-2-4-6-12/h2-6,13-15,18H,7-11H2,1H3,(H,17,20)/t14-,15+/m1/s1. The van der Waals surface area contributed by atoms with E-state index >= 15 is 0 Å². The Morgan fingerprint density at radius 3 is 2.52 bits per heavy atom. The summed E-state index contributed by atoms with van der Waals surface area (Å²) in [4.78, 5) is 14.2. The van der Waals surface area contributed by atoms with Crippen LogP contribution in [0.5, 0.6) is 0 Å². The van der Waals surface area contributed by atoms with Crippen molar-refractivity contribution < 1.29 is 13.2 Å². The molecule has 1 saturated carbocycles. The van der Waals surface area contributed by atoms with Gasteiger partial charge in [-0.25, -0.2) is 17.9 Å². The van der Waals surface area contributed by atoms with Crippen LogP contribution in [0.4, 0.5) is 4.79 Å². The molecule has 126 valence electrons. The van der Waals surface area contributed by atoms with Crippen LogP contribution in [0.15, 0.2) is 30.3 Å². The Hall–Kier alpha value is -1.60. The van der Waals surface area contributed by atoms with Crippen molar-refractivity contribution in [3.63, 3.8) is 0 Å². The molecule has 1 aromatic carbocycles. The number of carbonyl (C=O) groups is 1. The third-order valence-corrected chi connectivity index (χ3v) is 5.10. The lowest BCUT2D eigenvalue weighted by Gasteiger charge is -2.28. The van der Waals surface area contributed by atoms with Gasteiger partial charge in [-0.2, -0.15) is 0 Å². The number of hydrogen-bond acceptors (Lipinski definition) is 3. The third-order valence-electron chi connectivity index (χ3n) is 4.36. The molecule has 1 saturated heterocycles. The van der Waals surface area contributed by atoms with Crippen LogP contribution in [-0.4, -0.2) is 50.3 Å². The first-order valence-corrected chi connectivity index (χ1v) is 9.90. The molecule has 0 aromatic heterocycles. The lowest BCUT2D eigenvalue weighted by Crippen LogP contribution is -2.50. The highest BCUT2D eigenvalue weighted by molar-refractivity contribution is 7.88.